The van der Waals surface area contributed by atoms with Gasteiger partial charge in [0.05, 0.1) is 0 Å². The molecule has 0 radical (unpaired) electrons. The van der Waals surface area contributed by atoms with Crippen molar-refractivity contribution in [3.8, 4) is 0 Å². The van der Waals surface area contributed by atoms with Crippen molar-refractivity contribution in [3.63, 3.8) is 0 Å². The molecule has 0 aliphatic carbocycles. The van der Waals surface area contributed by atoms with Gasteiger partial charge < -0.3 is 10.6 Å². The average Bonchev–Trinajstić information content (AvgIpc) is 2.33. The quantitative estimate of drug-likeness (QED) is 0.787. The first kappa shape index (κ1) is 13.6. The summed E-state index contributed by atoms with van der Waals surface area (Å²) < 4.78 is 0. The lowest BCUT2D eigenvalue weighted by Crippen LogP contribution is -2.28. The lowest BCUT2D eigenvalue weighted by molar-refractivity contribution is 0.0944. The second kappa shape index (κ2) is 7.01. The van der Waals surface area contributed by atoms with Crippen LogP contribution in [0, 0.1) is 5.92 Å². The first-order valence-corrected chi connectivity index (χ1v) is 6.07. The number of nitrogens with zero attached hydrogens (tertiary/aromatic N) is 1. The Labute approximate surface area is 103 Å². The maximum atomic E-state index is 11.8. The second-order valence-corrected chi connectivity index (χ2v) is 4.43. The van der Waals surface area contributed by atoms with E-state index in [2.05, 4.69) is 36.4 Å². The van der Waals surface area contributed by atoms with Crippen LogP contribution in [-0.4, -0.2) is 24.0 Å². The van der Waals surface area contributed by atoms with Gasteiger partial charge in [0.1, 0.15) is 5.69 Å². The molecular formula is C13H21N3O. The van der Waals surface area contributed by atoms with E-state index in [-0.39, 0.29) is 5.91 Å². The summed E-state index contributed by atoms with van der Waals surface area (Å²) in [5.74, 6) is 0.348. The lowest BCUT2D eigenvalue weighted by Gasteiger charge is -2.08. The smallest absolute Gasteiger partial charge is 0.269 e. The fraction of sp³-hybridized carbons (Fsp3) is 0.538. The Morgan fingerprint density at radius 1 is 1.47 bits per heavy atom. The standard InChI is InChI=1S/C13H21N3O/c1-4-14-9-11-5-6-15-12(7-11)13(17)16-8-10(2)3/h5-7,10,14H,4,8-9H2,1-3H3,(H,16,17). The number of aromatic nitrogens is 1. The molecule has 0 aliphatic rings. The molecule has 4 heteroatoms. The van der Waals surface area contributed by atoms with Crippen LogP contribution in [0.2, 0.25) is 0 Å². The van der Waals surface area contributed by atoms with E-state index in [1.807, 2.05) is 12.1 Å². The largest absolute Gasteiger partial charge is 0.350 e. The van der Waals surface area contributed by atoms with Crippen molar-refractivity contribution >= 4 is 5.91 Å². The zero-order valence-corrected chi connectivity index (χ0v) is 10.8. The summed E-state index contributed by atoms with van der Waals surface area (Å²) in [6, 6.07) is 3.75. The Hall–Kier alpha value is -1.42. The summed E-state index contributed by atoms with van der Waals surface area (Å²) >= 11 is 0. The van der Waals surface area contributed by atoms with Gasteiger partial charge in [0.15, 0.2) is 0 Å². The van der Waals surface area contributed by atoms with E-state index in [0.717, 1.165) is 18.7 Å². The monoisotopic (exact) mass is 235 g/mol. The average molecular weight is 235 g/mol. The van der Waals surface area contributed by atoms with Gasteiger partial charge in [-0.05, 0) is 30.2 Å². The van der Waals surface area contributed by atoms with Gasteiger partial charge in [-0.15, -0.1) is 0 Å². The molecule has 0 spiro atoms. The third-order valence-corrected chi connectivity index (χ3v) is 2.31. The summed E-state index contributed by atoms with van der Waals surface area (Å²) in [5.41, 5.74) is 1.57. The Morgan fingerprint density at radius 2 is 2.24 bits per heavy atom. The summed E-state index contributed by atoms with van der Waals surface area (Å²) in [5, 5.41) is 6.08. The van der Waals surface area contributed by atoms with Crippen LogP contribution in [0.15, 0.2) is 18.3 Å². The van der Waals surface area contributed by atoms with Crippen molar-refractivity contribution in [1.82, 2.24) is 15.6 Å². The van der Waals surface area contributed by atoms with Crippen LogP contribution in [0.3, 0.4) is 0 Å². The fourth-order valence-corrected chi connectivity index (χ4v) is 1.37. The van der Waals surface area contributed by atoms with Gasteiger partial charge in [-0.2, -0.15) is 0 Å². The van der Waals surface area contributed by atoms with E-state index in [1.165, 1.54) is 0 Å². The van der Waals surface area contributed by atoms with Crippen molar-refractivity contribution in [2.24, 2.45) is 5.92 Å². The Morgan fingerprint density at radius 3 is 2.88 bits per heavy atom. The third-order valence-electron chi connectivity index (χ3n) is 2.31. The highest BCUT2D eigenvalue weighted by Crippen LogP contribution is 2.02. The van der Waals surface area contributed by atoms with Gasteiger partial charge in [-0.1, -0.05) is 20.8 Å². The summed E-state index contributed by atoms with van der Waals surface area (Å²) in [4.78, 5) is 15.9. The van der Waals surface area contributed by atoms with E-state index in [1.54, 1.807) is 6.20 Å². The molecule has 1 amide bonds. The topological polar surface area (TPSA) is 54.0 Å². The summed E-state index contributed by atoms with van der Waals surface area (Å²) in [7, 11) is 0. The van der Waals surface area contributed by atoms with Crippen molar-refractivity contribution in [1.29, 1.82) is 0 Å². The highest BCUT2D eigenvalue weighted by Gasteiger charge is 2.07. The number of rotatable bonds is 6. The van der Waals surface area contributed by atoms with Gasteiger partial charge in [0.2, 0.25) is 0 Å². The first-order chi connectivity index (χ1) is 8.13. The molecule has 0 aliphatic heterocycles. The number of amides is 1. The number of hydrogen-bond acceptors (Lipinski definition) is 3. The van der Waals surface area contributed by atoms with E-state index < -0.39 is 0 Å². The van der Waals surface area contributed by atoms with Crippen LogP contribution in [0.4, 0.5) is 0 Å². The molecule has 0 unspecified atom stereocenters. The molecule has 1 heterocycles. The Bertz CT molecular complexity index is 363. The minimum Gasteiger partial charge on any atom is -0.350 e. The maximum absolute atomic E-state index is 11.8. The van der Waals surface area contributed by atoms with Crippen molar-refractivity contribution in [2.45, 2.75) is 27.3 Å². The molecule has 1 aromatic heterocycles. The summed E-state index contributed by atoms with van der Waals surface area (Å²) in [6.07, 6.45) is 1.68. The van der Waals surface area contributed by atoms with E-state index in [4.69, 9.17) is 0 Å². The predicted molar refractivity (Wildman–Crippen MR) is 68.8 cm³/mol. The minimum absolute atomic E-state index is 0.1000. The molecule has 17 heavy (non-hydrogen) atoms. The number of nitrogens with one attached hydrogen (secondary N) is 2. The maximum Gasteiger partial charge on any atom is 0.269 e. The number of pyridine rings is 1. The Kier molecular flexibility index (Phi) is 5.63. The zero-order chi connectivity index (χ0) is 12.7. The molecule has 0 saturated carbocycles. The summed E-state index contributed by atoms with van der Waals surface area (Å²) in [6.45, 7) is 8.54. The van der Waals surface area contributed by atoms with Crippen molar-refractivity contribution in [3.05, 3.63) is 29.6 Å². The van der Waals surface area contributed by atoms with Gasteiger partial charge >= 0.3 is 0 Å². The number of carbonyl (C=O) groups is 1. The highest BCUT2D eigenvalue weighted by molar-refractivity contribution is 5.92. The molecular weight excluding hydrogens is 214 g/mol. The first-order valence-electron chi connectivity index (χ1n) is 6.07. The normalized spacial score (nSPS) is 10.6. The lowest BCUT2D eigenvalue weighted by atomic mass is 10.2. The molecule has 0 saturated heterocycles. The fourth-order valence-electron chi connectivity index (χ4n) is 1.37. The van der Waals surface area contributed by atoms with Gasteiger partial charge in [-0.3, -0.25) is 9.78 Å². The van der Waals surface area contributed by atoms with Crippen LogP contribution >= 0.6 is 0 Å². The SMILES string of the molecule is CCNCc1ccnc(C(=O)NCC(C)C)c1. The molecule has 0 bridgehead atoms. The van der Waals surface area contributed by atoms with Gasteiger partial charge in [-0.25, -0.2) is 0 Å². The molecule has 1 aromatic rings. The third kappa shape index (κ3) is 4.95. The molecule has 0 aromatic carbocycles. The predicted octanol–water partition coefficient (Wildman–Crippen LogP) is 1.58. The second-order valence-electron chi connectivity index (χ2n) is 4.43. The minimum atomic E-state index is -0.1000. The highest BCUT2D eigenvalue weighted by atomic mass is 16.1. The Balaban J connectivity index is 2.60. The zero-order valence-electron chi connectivity index (χ0n) is 10.8. The van der Waals surface area contributed by atoms with E-state index in [9.17, 15) is 4.79 Å². The van der Waals surface area contributed by atoms with Crippen LogP contribution < -0.4 is 10.6 Å². The molecule has 1 rings (SSSR count). The van der Waals surface area contributed by atoms with Crippen LogP contribution in [-0.2, 0) is 6.54 Å². The molecule has 0 fully saturated rings. The van der Waals surface area contributed by atoms with Crippen molar-refractivity contribution in [2.75, 3.05) is 13.1 Å². The van der Waals surface area contributed by atoms with Gasteiger partial charge in [0, 0.05) is 19.3 Å². The number of hydrogen-bond donors (Lipinski definition) is 2. The van der Waals surface area contributed by atoms with Crippen LogP contribution in [0.5, 0.6) is 0 Å². The van der Waals surface area contributed by atoms with Gasteiger partial charge in [0.25, 0.3) is 5.91 Å². The van der Waals surface area contributed by atoms with Crippen LogP contribution in [0.25, 0.3) is 0 Å². The molecule has 0 atom stereocenters. The van der Waals surface area contributed by atoms with E-state index in [0.29, 0.717) is 18.2 Å². The molecule has 94 valence electrons. The van der Waals surface area contributed by atoms with Crippen LogP contribution in [0.1, 0.15) is 36.8 Å². The molecule has 4 nitrogen and oxygen atoms in total. The number of carbonyl (C=O) groups excluding carboxylic acids is 1. The molecule has 2 N–H and O–H groups in total. The van der Waals surface area contributed by atoms with E-state index >= 15 is 0 Å². The van der Waals surface area contributed by atoms with Crippen molar-refractivity contribution < 1.29 is 4.79 Å².